The highest BCUT2D eigenvalue weighted by molar-refractivity contribution is 5.96. The summed E-state index contributed by atoms with van der Waals surface area (Å²) >= 11 is 0. The maximum Gasteiger partial charge on any atom is 0.163 e. The summed E-state index contributed by atoms with van der Waals surface area (Å²) in [6.45, 7) is 5.91. The number of rotatable bonds is 5. The molecule has 0 aliphatic carbocycles. The summed E-state index contributed by atoms with van der Waals surface area (Å²) in [4.78, 5) is 12.2. The molecule has 0 aliphatic rings. The van der Waals surface area contributed by atoms with E-state index in [0.717, 1.165) is 11.1 Å². The number of carbonyl (C=O) groups is 1. The van der Waals surface area contributed by atoms with Gasteiger partial charge in [0.1, 0.15) is 0 Å². The lowest BCUT2D eigenvalue weighted by Gasteiger charge is -2.12. The summed E-state index contributed by atoms with van der Waals surface area (Å²) in [5.74, 6) is 0.236. The molecule has 0 aliphatic heterocycles. The lowest BCUT2D eigenvalue weighted by molar-refractivity contribution is 0.0978. The Balaban J connectivity index is 2.14. The third-order valence-corrected chi connectivity index (χ3v) is 3.29. The van der Waals surface area contributed by atoms with Crippen molar-refractivity contribution >= 4 is 5.78 Å². The van der Waals surface area contributed by atoms with Gasteiger partial charge >= 0.3 is 0 Å². The van der Waals surface area contributed by atoms with Crippen LogP contribution in [0.25, 0.3) is 0 Å². The van der Waals surface area contributed by atoms with Gasteiger partial charge in [0.2, 0.25) is 0 Å². The molecule has 96 valence electrons. The summed E-state index contributed by atoms with van der Waals surface area (Å²) in [7, 11) is 0. The number of ketones is 1. The Morgan fingerprint density at radius 2 is 1.74 bits per heavy atom. The second-order valence-electron chi connectivity index (χ2n) is 4.75. The van der Waals surface area contributed by atoms with Crippen LogP contribution < -0.4 is 0 Å². The molecule has 2 aromatic carbocycles. The summed E-state index contributed by atoms with van der Waals surface area (Å²) in [5, 5.41) is 0. The lowest BCUT2D eigenvalue weighted by atomic mass is 9.91. The van der Waals surface area contributed by atoms with Crippen molar-refractivity contribution in [2.45, 2.75) is 19.3 Å². The Kier molecular flexibility index (Phi) is 4.30. The van der Waals surface area contributed by atoms with Gasteiger partial charge in [-0.15, -0.1) is 6.58 Å². The van der Waals surface area contributed by atoms with Gasteiger partial charge < -0.3 is 0 Å². The number of Topliss-reactive ketones (excluding diaryl/α,β-unsaturated/α-hetero) is 1. The smallest absolute Gasteiger partial charge is 0.163 e. The SMILES string of the molecule is C=C[C@@H](CC(=O)c1ccccc1)c1ccc(C)cc1. The van der Waals surface area contributed by atoms with E-state index in [1.165, 1.54) is 5.56 Å². The summed E-state index contributed by atoms with van der Waals surface area (Å²) in [5.41, 5.74) is 3.13. The first kappa shape index (κ1) is 13.3. The monoisotopic (exact) mass is 250 g/mol. The highest BCUT2D eigenvalue weighted by Gasteiger charge is 2.14. The fraction of sp³-hybridized carbons (Fsp3) is 0.167. The van der Waals surface area contributed by atoms with Crippen LogP contribution in [0.3, 0.4) is 0 Å². The van der Waals surface area contributed by atoms with Crippen molar-refractivity contribution in [1.29, 1.82) is 0 Å². The molecule has 2 rings (SSSR count). The molecule has 0 saturated heterocycles. The van der Waals surface area contributed by atoms with Crippen molar-refractivity contribution in [2.24, 2.45) is 0 Å². The minimum absolute atomic E-state index is 0.0771. The van der Waals surface area contributed by atoms with E-state index in [0.29, 0.717) is 6.42 Å². The van der Waals surface area contributed by atoms with Gasteiger partial charge in [-0.1, -0.05) is 66.2 Å². The average Bonchev–Trinajstić information content (AvgIpc) is 2.46. The fourth-order valence-electron chi connectivity index (χ4n) is 2.09. The number of aryl methyl sites for hydroxylation is 1. The van der Waals surface area contributed by atoms with Crippen LogP contribution >= 0.6 is 0 Å². The highest BCUT2D eigenvalue weighted by Crippen LogP contribution is 2.23. The molecule has 0 N–H and O–H groups in total. The van der Waals surface area contributed by atoms with E-state index in [4.69, 9.17) is 0 Å². The van der Waals surface area contributed by atoms with Gasteiger partial charge in [-0.3, -0.25) is 4.79 Å². The van der Waals surface area contributed by atoms with Crippen molar-refractivity contribution in [2.75, 3.05) is 0 Å². The van der Waals surface area contributed by atoms with Crippen LogP contribution in [-0.2, 0) is 0 Å². The minimum atomic E-state index is 0.0771. The Bertz CT molecular complexity index is 552. The van der Waals surface area contributed by atoms with Gasteiger partial charge in [0.25, 0.3) is 0 Å². The topological polar surface area (TPSA) is 17.1 Å². The quantitative estimate of drug-likeness (QED) is 0.562. The average molecular weight is 250 g/mol. The van der Waals surface area contributed by atoms with E-state index in [9.17, 15) is 4.79 Å². The van der Waals surface area contributed by atoms with Crippen LogP contribution in [0.1, 0.15) is 33.8 Å². The minimum Gasteiger partial charge on any atom is -0.294 e. The molecule has 1 nitrogen and oxygen atoms in total. The molecule has 0 saturated carbocycles. The molecule has 1 atom stereocenters. The Morgan fingerprint density at radius 3 is 2.32 bits per heavy atom. The first-order chi connectivity index (χ1) is 9.20. The van der Waals surface area contributed by atoms with Crippen LogP contribution in [0, 0.1) is 6.92 Å². The zero-order chi connectivity index (χ0) is 13.7. The molecule has 0 heterocycles. The maximum absolute atomic E-state index is 12.2. The van der Waals surface area contributed by atoms with Crippen molar-refractivity contribution in [3.8, 4) is 0 Å². The maximum atomic E-state index is 12.2. The van der Waals surface area contributed by atoms with Gasteiger partial charge in [-0.05, 0) is 12.5 Å². The molecule has 0 fully saturated rings. The largest absolute Gasteiger partial charge is 0.294 e. The number of allylic oxidation sites excluding steroid dienone is 1. The van der Waals surface area contributed by atoms with Crippen molar-refractivity contribution in [1.82, 2.24) is 0 Å². The third kappa shape index (κ3) is 3.41. The van der Waals surface area contributed by atoms with E-state index >= 15 is 0 Å². The molecule has 0 amide bonds. The second-order valence-corrected chi connectivity index (χ2v) is 4.75. The number of hydrogen-bond donors (Lipinski definition) is 0. The first-order valence-electron chi connectivity index (χ1n) is 6.48. The Hall–Kier alpha value is -2.15. The zero-order valence-electron chi connectivity index (χ0n) is 11.2. The molecule has 2 aromatic rings. The van der Waals surface area contributed by atoms with Gasteiger partial charge in [0, 0.05) is 17.9 Å². The van der Waals surface area contributed by atoms with Gasteiger partial charge in [-0.25, -0.2) is 0 Å². The second kappa shape index (κ2) is 6.14. The van der Waals surface area contributed by atoms with Crippen LogP contribution in [0.2, 0.25) is 0 Å². The van der Waals surface area contributed by atoms with Gasteiger partial charge in [0.05, 0.1) is 0 Å². The fourth-order valence-corrected chi connectivity index (χ4v) is 2.09. The molecular weight excluding hydrogens is 232 g/mol. The molecular formula is C18H18O. The van der Waals surface area contributed by atoms with E-state index in [1.807, 2.05) is 36.4 Å². The first-order valence-corrected chi connectivity index (χ1v) is 6.48. The number of carbonyl (C=O) groups excluding carboxylic acids is 1. The lowest BCUT2D eigenvalue weighted by Crippen LogP contribution is -2.05. The van der Waals surface area contributed by atoms with E-state index in [2.05, 4.69) is 37.8 Å². The van der Waals surface area contributed by atoms with E-state index in [1.54, 1.807) is 0 Å². The number of benzene rings is 2. The molecule has 1 heteroatoms. The highest BCUT2D eigenvalue weighted by atomic mass is 16.1. The van der Waals surface area contributed by atoms with Crippen molar-refractivity contribution in [3.05, 3.63) is 83.9 Å². The van der Waals surface area contributed by atoms with Gasteiger partial charge in [-0.2, -0.15) is 0 Å². The molecule has 19 heavy (non-hydrogen) atoms. The van der Waals surface area contributed by atoms with Crippen LogP contribution in [-0.4, -0.2) is 5.78 Å². The Labute approximate surface area is 114 Å². The molecule has 0 radical (unpaired) electrons. The molecule has 0 unspecified atom stereocenters. The van der Waals surface area contributed by atoms with Crippen LogP contribution in [0.5, 0.6) is 0 Å². The van der Waals surface area contributed by atoms with Gasteiger partial charge in [0.15, 0.2) is 5.78 Å². The number of hydrogen-bond acceptors (Lipinski definition) is 1. The van der Waals surface area contributed by atoms with Crippen LogP contribution in [0.4, 0.5) is 0 Å². The van der Waals surface area contributed by atoms with Crippen molar-refractivity contribution < 1.29 is 4.79 Å². The molecule has 0 bridgehead atoms. The van der Waals surface area contributed by atoms with Crippen LogP contribution in [0.15, 0.2) is 67.3 Å². The molecule has 0 spiro atoms. The van der Waals surface area contributed by atoms with E-state index < -0.39 is 0 Å². The Morgan fingerprint density at radius 1 is 1.11 bits per heavy atom. The normalized spacial score (nSPS) is 11.8. The molecule has 0 aromatic heterocycles. The predicted octanol–water partition coefficient (Wildman–Crippen LogP) is 4.54. The zero-order valence-corrected chi connectivity index (χ0v) is 11.2. The predicted molar refractivity (Wildman–Crippen MR) is 79.5 cm³/mol. The van der Waals surface area contributed by atoms with E-state index in [-0.39, 0.29) is 11.7 Å². The van der Waals surface area contributed by atoms with Crippen molar-refractivity contribution in [3.63, 3.8) is 0 Å². The standard InChI is InChI=1S/C18H18O/c1-3-15(16-11-9-14(2)10-12-16)13-18(19)17-7-5-4-6-8-17/h3-12,15H,1,13H2,2H3/t15-/m0/s1. The summed E-state index contributed by atoms with van der Waals surface area (Å²) in [6.07, 6.45) is 2.32. The summed E-state index contributed by atoms with van der Waals surface area (Å²) in [6, 6.07) is 17.7. The summed E-state index contributed by atoms with van der Waals surface area (Å²) < 4.78 is 0. The third-order valence-electron chi connectivity index (χ3n) is 3.29.